The van der Waals surface area contributed by atoms with Gasteiger partial charge in [0.2, 0.25) is 11.9 Å². The van der Waals surface area contributed by atoms with Gasteiger partial charge in [0.15, 0.2) is 12.1 Å². The Morgan fingerprint density at radius 3 is 2.21 bits per heavy atom. The highest BCUT2D eigenvalue weighted by Crippen LogP contribution is 2.28. The molecule has 1 heterocycles. The van der Waals surface area contributed by atoms with E-state index in [1.165, 1.54) is 38.3 Å². The predicted octanol–water partition coefficient (Wildman–Crippen LogP) is 0.982. The van der Waals surface area contributed by atoms with E-state index in [-0.39, 0.29) is 16.3 Å². The lowest BCUT2D eigenvalue weighted by atomic mass is 10.1. The number of methoxy groups -OCH3 is 1. The molecule has 216 valence electrons. The van der Waals surface area contributed by atoms with E-state index < -0.39 is 51.7 Å². The molecule has 2 aromatic rings. The summed E-state index contributed by atoms with van der Waals surface area (Å²) in [6.45, 7) is 2.97. The second-order valence-corrected chi connectivity index (χ2v) is 10.0. The maximum atomic E-state index is 13.2. The molecule has 0 bridgehead atoms. The summed E-state index contributed by atoms with van der Waals surface area (Å²) in [6, 6.07) is 5.77. The third kappa shape index (κ3) is 9.06. The molecule has 2 atom stereocenters. The Hall–Kier alpha value is -4.00. The minimum absolute atomic E-state index is 0.0717. The van der Waals surface area contributed by atoms with Gasteiger partial charge in [-0.2, -0.15) is 13.2 Å². The number of hydrogen-bond donors (Lipinski definition) is 5. The molecule has 1 aromatic carbocycles. The largest absolute Gasteiger partial charge is 0.495 e. The molecule has 0 aliphatic carbocycles. The number of oxime groups is 1. The van der Waals surface area contributed by atoms with Gasteiger partial charge < -0.3 is 31.9 Å². The van der Waals surface area contributed by atoms with Gasteiger partial charge in [-0.15, -0.1) is 0 Å². The van der Waals surface area contributed by atoms with Gasteiger partial charge in [0, 0.05) is 10.2 Å². The van der Waals surface area contributed by atoms with Gasteiger partial charge in [-0.05, 0) is 49.3 Å². The normalized spacial score (nSPS) is 12.7. The lowest BCUT2D eigenvalue weighted by Crippen LogP contribution is -2.42. The molecule has 0 spiro atoms. The van der Waals surface area contributed by atoms with E-state index in [9.17, 15) is 31.2 Å². The van der Waals surface area contributed by atoms with Crippen molar-refractivity contribution in [1.82, 2.24) is 4.57 Å². The molecule has 8 N–H and O–H groups in total. The number of nitrogens with one attached hydrogen (secondary N) is 1. The molecule has 0 fully saturated rings. The van der Waals surface area contributed by atoms with Crippen molar-refractivity contribution in [3.05, 3.63) is 50.9 Å². The monoisotopic (exact) mass is 644 g/mol. The maximum absolute atomic E-state index is 13.2. The van der Waals surface area contributed by atoms with Crippen molar-refractivity contribution in [3.63, 3.8) is 0 Å². The third-order valence-corrected chi connectivity index (χ3v) is 6.44. The van der Waals surface area contributed by atoms with Crippen LogP contribution in [0.3, 0.4) is 0 Å². The number of carboxylic acid groups (broad SMARTS) is 1. The number of aryl methyl sites for hydroxylation is 1. The molecule has 1 aromatic heterocycles. The average molecular weight is 645 g/mol. The van der Waals surface area contributed by atoms with Crippen molar-refractivity contribution in [2.24, 2.45) is 22.4 Å². The number of pyridine rings is 1. The highest BCUT2D eigenvalue weighted by Gasteiger charge is 2.38. The van der Waals surface area contributed by atoms with Crippen molar-refractivity contribution >= 4 is 49.5 Å². The number of nitrogens with zero attached hydrogens (tertiary/aromatic N) is 2. The van der Waals surface area contributed by atoms with Crippen molar-refractivity contribution in [3.8, 4) is 5.75 Å². The van der Waals surface area contributed by atoms with Crippen LogP contribution in [0.1, 0.15) is 18.7 Å². The van der Waals surface area contributed by atoms with Crippen LogP contribution in [0.15, 0.2) is 49.7 Å². The number of carbonyl (C=O) groups excluding carboxylic acids is 1. The Morgan fingerprint density at radius 2 is 1.74 bits per heavy atom. The van der Waals surface area contributed by atoms with Gasteiger partial charge in [-0.25, -0.2) is 13.2 Å². The zero-order valence-corrected chi connectivity index (χ0v) is 22.8. The van der Waals surface area contributed by atoms with Crippen LogP contribution in [0.2, 0.25) is 0 Å². The number of nitrogens with two attached hydrogens (primary N) is 3. The highest BCUT2D eigenvalue weighted by molar-refractivity contribution is 9.10. The van der Waals surface area contributed by atoms with E-state index in [0.717, 1.165) is 4.57 Å². The third-order valence-electron chi connectivity index (χ3n) is 4.56. The van der Waals surface area contributed by atoms with Gasteiger partial charge in [0.25, 0.3) is 15.6 Å². The van der Waals surface area contributed by atoms with Crippen molar-refractivity contribution in [2.75, 3.05) is 11.8 Å². The Kier molecular flexibility index (Phi) is 11.2. The minimum atomic E-state index is -5.08. The number of guanidine groups is 1. The van der Waals surface area contributed by atoms with Crippen LogP contribution in [-0.2, 0) is 24.4 Å². The molecular formula is C20H24BrF3N6O8S. The number of alkyl halides is 3. The van der Waals surface area contributed by atoms with E-state index in [1.807, 2.05) is 0 Å². The summed E-state index contributed by atoms with van der Waals surface area (Å²) in [4.78, 5) is 39.1. The summed E-state index contributed by atoms with van der Waals surface area (Å²) in [5.41, 5.74) is 15.1. The van der Waals surface area contributed by atoms with Crippen LogP contribution in [0.5, 0.6) is 5.75 Å². The maximum Gasteiger partial charge on any atom is 0.490 e. The fraction of sp³-hybridized carbons (Fsp3) is 0.300. The molecule has 14 nitrogen and oxygen atoms in total. The number of carbonyl (C=O) groups is 2. The summed E-state index contributed by atoms with van der Waals surface area (Å²) < 4.78 is 66.5. The molecule has 1 amide bonds. The Balaban J connectivity index is 0.000000956. The molecule has 0 aliphatic heterocycles. The van der Waals surface area contributed by atoms with Crippen LogP contribution in [0, 0.1) is 6.92 Å². The number of hydrogen-bond acceptors (Lipinski definition) is 8. The summed E-state index contributed by atoms with van der Waals surface area (Å²) in [5.74, 6) is -3.99. The molecule has 0 aliphatic rings. The summed E-state index contributed by atoms with van der Waals surface area (Å²) >= 11 is 3.21. The van der Waals surface area contributed by atoms with Gasteiger partial charge in [0.05, 0.1) is 7.11 Å². The molecule has 2 rings (SSSR count). The van der Waals surface area contributed by atoms with Gasteiger partial charge >= 0.3 is 12.1 Å². The molecule has 39 heavy (non-hydrogen) atoms. The van der Waals surface area contributed by atoms with Gasteiger partial charge in [0.1, 0.15) is 16.3 Å². The van der Waals surface area contributed by atoms with Gasteiger partial charge in [-0.1, -0.05) is 15.9 Å². The quantitative estimate of drug-likeness (QED) is 0.147. The van der Waals surface area contributed by atoms with Crippen LogP contribution in [-0.4, -0.2) is 55.3 Å². The number of aliphatic carboxylic acids is 1. The Morgan fingerprint density at radius 1 is 1.18 bits per heavy atom. The first-order valence-electron chi connectivity index (χ1n) is 10.3. The zero-order chi connectivity index (χ0) is 30.3. The average Bonchev–Trinajstić information content (AvgIpc) is 2.81. The lowest BCUT2D eigenvalue weighted by Gasteiger charge is -2.24. The number of amides is 1. The van der Waals surface area contributed by atoms with Gasteiger partial charge in [-0.3, -0.25) is 18.9 Å². The highest BCUT2D eigenvalue weighted by atomic mass is 79.9. The number of ether oxygens (including phenoxy) is 1. The smallest absolute Gasteiger partial charge is 0.490 e. The Labute approximate surface area is 227 Å². The molecule has 19 heteroatoms. The predicted molar refractivity (Wildman–Crippen MR) is 135 cm³/mol. The molecular weight excluding hydrogens is 621 g/mol. The summed E-state index contributed by atoms with van der Waals surface area (Å²) in [5, 5.41) is 10.5. The van der Waals surface area contributed by atoms with Crippen molar-refractivity contribution in [1.29, 1.82) is 0 Å². The summed E-state index contributed by atoms with van der Waals surface area (Å²) in [6.07, 6.45) is -6.14. The fourth-order valence-electron chi connectivity index (χ4n) is 2.90. The second kappa shape index (κ2) is 13.2. The number of carboxylic acids is 1. The fourth-order valence-corrected chi connectivity index (χ4v) is 4.67. The van der Waals surface area contributed by atoms with Crippen molar-refractivity contribution in [2.45, 2.75) is 37.1 Å². The van der Waals surface area contributed by atoms with E-state index in [2.05, 4.69) is 25.8 Å². The molecule has 0 saturated carbocycles. The van der Waals surface area contributed by atoms with Crippen molar-refractivity contribution < 1.29 is 45.9 Å². The zero-order valence-electron chi connectivity index (χ0n) is 20.4. The first-order valence-corrected chi connectivity index (χ1v) is 12.5. The number of halogens is 4. The lowest BCUT2D eigenvalue weighted by molar-refractivity contribution is -0.192. The van der Waals surface area contributed by atoms with E-state index in [4.69, 9.17) is 36.7 Å². The van der Waals surface area contributed by atoms with E-state index in [0.29, 0.717) is 10.2 Å². The number of rotatable bonds is 9. The molecule has 0 saturated heterocycles. The minimum Gasteiger partial charge on any atom is -0.495 e. The second-order valence-electron chi connectivity index (χ2n) is 7.44. The van der Waals surface area contributed by atoms with Crippen LogP contribution in [0.4, 0.5) is 18.9 Å². The van der Waals surface area contributed by atoms with Crippen LogP contribution < -0.4 is 32.2 Å². The number of primary amides is 1. The van der Waals surface area contributed by atoms with E-state index in [1.54, 1.807) is 13.0 Å². The number of sulfonamides is 1. The first-order chi connectivity index (χ1) is 17.8. The topological polar surface area (TPSA) is 231 Å². The van der Waals surface area contributed by atoms with Crippen LogP contribution in [0.25, 0.3) is 0 Å². The Bertz CT molecular complexity index is 1410. The molecule has 0 radical (unpaired) electrons. The SMILES string of the molecule is COc1ccc(Br)cc1S(=O)(=O)Nc1ccc(C)n(C(C(N)=O)C(C)ON=C(N)N)c1=O.O=C(O)C(F)(F)F. The first kappa shape index (κ1) is 33.0. The van der Waals surface area contributed by atoms with E-state index >= 15 is 0 Å². The number of anilines is 1. The summed E-state index contributed by atoms with van der Waals surface area (Å²) in [7, 11) is -2.92. The standard InChI is InChI=1S/C18H23BrN6O6S.C2HF3O2/c1-9-4-6-12(24-32(28,29)14-8-11(19)5-7-13(14)30-3)17(27)25(9)15(16(20)26)10(2)31-23-18(21)22;3-2(4,5)1(6)7/h4-8,10,15,24H,1-3H3,(H2,20,26)(H4,21,22,23);(H,6,7). The molecule has 2 unspecified atom stereocenters. The van der Waals surface area contributed by atoms with Crippen LogP contribution >= 0.6 is 15.9 Å². The number of benzene rings is 1. The number of aromatic nitrogens is 1.